The number of hydrogen-bond acceptors (Lipinski definition) is 7. The summed E-state index contributed by atoms with van der Waals surface area (Å²) in [6.45, 7) is 2.51. The van der Waals surface area contributed by atoms with E-state index in [1.165, 1.54) is 0 Å². The van der Waals surface area contributed by atoms with Gasteiger partial charge < -0.3 is 29.4 Å². The second-order valence-electron chi connectivity index (χ2n) is 6.42. The van der Waals surface area contributed by atoms with Crippen molar-refractivity contribution in [3.05, 3.63) is 51.3 Å². The molecule has 4 rings (SSSR count). The van der Waals surface area contributed by atoms with Crippen molar-refractivity contribution < 1.29 is 23.7 Å². The summed E-state index contributed by atoms with van der Waals surface area (Å²) < 4.78 is 28.7. The van der Waals surface area contributed by atoms with E-state index < -0.39 is 5.92 Å². The van der Waals surface area contributed by atoms with Crippen molar-refractivity contribution in [3.8, 4) is 47.2 Å². The van der Waals surface area contributed by atoms with Gasteiger partial charge in [-0.05, 0) is 46.6 Å². The molecule has 0 saturated heterocycles. The van der Waals surface area contributed by atoms with Gasteiger partial charge in [0.25, 0.3) is 0 Å². The van der Waals surface area contributed by atoms with E-state index in [4.69, 9.17) is 35.8 Å². The minimum absolute atomic E-state index is 0.0376. The van der Waals surface area contributed by atoms with Crippen LogP contribution < -0.4 is 29.4 Å². The molecule has 1 atom stereocenters. The zero-order valence-corrected chi connectivity index (χ0v) is 17.6. The lowest BCUT2D eigenvalue weighted by Crippen LogP contribution is -2.21. The maximum Gasteiger partial charge on any atom is 0.231 e. The second kappa shape index (κ2) is 8.10. The molecule has 0 saturated carbocycles. The Morgan fingerprint density at radius 1 is 1.20 bits per heavy atom. The van der Waals surface area contributed by atoms with Crippen LogP contribution in [0.15, 0.2) is 40.2 Å². The number of benzene rings is 2. The van der Waals surface area contributed by atoms with E-state index in [0.717, 1.165) is 11.1 Å². The third kappa shape index (κ3) is 3.36. The number of fused-ring (bicyclic) bond motifs is 2. The Labute approximate surface area is 182 Å². The van der Waals surface area contributed by atoms with Crippen molar-refractivity contribution >= 4 is 15.9 Å². The van der Waals surface area contributed by atoms with E-state index in [0.29, 0.717) is 39.8 Å². The maximum absolute atomic E-state index is 9.81. The van der Waals surface area contributed by atoms with Crippen LogP contribution in [-0.2, 0) is 0 Å². The van der Waals surface area contributed by atoms with Crippen LogP contribution in [0.4, 0.5) is 0 Å². The van der Waals surface area contributed by atoms with Crippen LogP contribution in [0.2, 0.25) is 0 Å². The van der Waals surface area contributed by atoms with Gasteiger partial charge in [-0.15, -0.1) is 6.42 Å². The van der Waals surface area contributed by atoms with Crippen LogP contribution >= 0.6 is 15.9 Å². The number of rotatable bonds is 5. The lowest BCUT2D eigenvalue weighted by atomic mass is 9.83. The molecular formula is C22H17BrN2O5. The Hall–Kier alpha value is -3.49. The lowest BCUT2D eigenvalue weighted by molar-refractivity contribution is 0.174. The highest BCUT2D eigenvalue weighted by Crippen LogP contribution is 2.49. The first-order valence-electron chi connectivity index (χ1n) is 9.11. The van der Waals surface area contributed by atoms with E-state index in [2.05, 4.69) is 27.9 Å². The Morgan fingerprint density at radius 3 is 2.67 bits per heavy atom. The molecular weight excluding hydrogens is 452 g/mol. The highest BCUT2D eigenvalue weighted by atomic mass is 79.9. The minimum Gasteiger partial charge on any atom is -0.490 e. The fourth-order valence-electron chi connectivity index (χ4n) is 3.46. The fourth-order valence-corrected chi connectivity index (χ4v) is 4.04. The van der Waals surface area contributed by atoms with Crippen molar-refractivity contribution in [2.75, 3.05) is 20.0 Å². The van der Waals surface area contributed by atoms with Gasteiger partial charge in [0, 0.05) is 11.6 Å². The third-order valence-corrected chi connectivity index (χ3v) is 5.26. The summed E-state index contributed by atoms with van der Waals surface area (Å²) in [7, 11) is 0. The highest BCUT2D eigenvalue weighted by Gasteiger charge is 2.34. The molecule has 152 valence electrons. The topological polar surface area (TPSA) is 96.0 Å². The second-order valence-corrected chi connectivity index (χ2v) is 7.28. The summed E-state index contributed by atoms with van der Waals surface area (Å²) in [6, 6.07) is 9.36. The molecule has 0 aromatic heterocycles. The summed E-state index contributed by atoms with van der Waals surface area (Å²) in [5.74, 6) is 4.63. The average molecular weight is 469 g/mol. The summed E-state index contributed by atoms with van der Waals surface area (Å²) in [6.07, 6.45) is 5.32. The molecule has 8 heteroatoms. The first kappa shape index (κ1) is 19.8. The van der Waals surface area contributed by atoms with Crippen molar-refractivity contribution in [1.29, 1.82) is 5.26 Å². The monoisotopic (exact) mass is 468 g/mol. The van der Waals surface area contributed by atoms with Crippen LogP contribution in [0.1, 0.15) is 24.0 Å². The normalized spacial score (nSPS) is 16.2. The molecule has 0 spiro atoms. The van der Waals surface area contributed by atoms with Gasteiger partial charge in [-0.2, -0.15) is 5.26 Å². The number of nitrogens with two attached hydrogens (primary N) is 1. The van der Waals surface area contributed by atoms with Gasteiger partial charge in [0.2, 0.25) is 12.7 Å². The molecule has 2 aliphatic heterocycles. The molecule has 0 radical (unpaired) electrons. The van der Waals surface area contributed by atoms with Gasteiger partial charge >= 0.3 is 0 Å². The van der Waals surface area contributed by atoms with Gasteiger partial charge in [0.1, 0.15) is 24.0 Å². The average Bonchev–Trinajstić information content (AvgIpc) is 3.18. The molecule has 2 aromatic rings. The molecule has 2 N–H and O–H groups in total. The Kier molecular flexibility index (Phi) is 5.35. The number of nitriles is 1. The predicted octanol–water partition coefficient (Wildman–Crippen LogP) is 3.81. The van der Waals surface area contributed by atoms with Gasteiger partial charge in [-0.1, -0.05) is 5.92 Å². The largest absolute Gasteiger partial charge is 0.490 e. The number of hydrogen-bond donors (Lipinski definition) is 1. The van der Waals surface area contributed by atoms with Crippen LogP contribution in [0.3, 0.4) is 0 Å². The maximum atomic E-state index is 9.81. The predicted molar refractivity (Wildman–Crippen MR) is 112 cm³/mol. The quantitative estimate of drug-likeness (QED) is 0.666. The lowest BCUT2D eigenvalue weighted by Gasteiger charge is -2.27. The summed E-state index contributed by atoms with van der Waals surface area (Å²) >= 11 is 3.53. The number of allylic oxidation sites excluding steroid dienone is 1. The molecule has 0 aliphatic carbocycles. The van der Waals surface area contributed by atoms with E-state index in [9.17, 15) is 5.26 Å². The van der Waals surface area contributed by atoms with Crippen molar-refractivity contribution in [1.82, 2.24) is 0 Å². The summed E-state index contributed by atoms with van der Waals surface area (Å²) in [5, 5.41) is 9.81. The third-order valence-electron chi connectivity index (χ3n) is 4.68. The molecule has 2 heterocycles. The number of halogens is 1. The fraction of sp³-hybridized carbons (Fsp3) is 0.227. The van der Waals surface area contributed by atoms with Crippen molar-refractivity contribution in [3.63, 3.8) is 0 Å². The van der Waals surface area contributed by atoms with E-state index in [1.54, 1.807) is 6.07 Å². The Balaban J connectivity index is 1.89. The van der Waals surface area contributed by atoms with E-state index >= 15 is 0 Å². The summed E-state index contributed by atoms with van der Waals surface area (Å²) in [4.78, 5) is 0. The van der Waals surface area contributed by atoms with Crippen LogP contribution in [-0.4, -0.2) is 20.0 Å². The first-order chi connectivity index (χ1) is 14.6. The van der Waals surface area contributed by atoms with Crippen LogP contribution in [0.25, 0.3) is 0 Å². The van der Waals surface area contributed by atoms with E-state index in [-0.39, 0.29) is 24.9 Å². The van der Waals surface area contributed by atoms with E-state index in [1.807, 2.05) is 25.1 Å². The molecule has 0 unspecified atom stereocenters. The molecule has 0 amide bonds. The Morgan fingerprint density at radius 2 is 1.97 bits per heavy atom. The van der Waals surface area contributed by atoms with Gasteiger partial charge in [-0.3, -0.25) is 0 Å². The molecule has 2 aromatic carbocycles. The smallest absolute Gasteiger partial charge is 0.231 e. The van der Waals surface area contributed by atoms with Crippen molar-refractivity contribution in [2.45, 2.75) is 12.8 Å². The SMILES string of the molecule is C#CCOc1c(Br)cc([C@@H]2C(C#N)=C(N)Oc3cc4c(cc32)OCO4)cc1OCC. The van der Waals surface area contributed by atoms with Crippen LogP contribution in [0.5, 0.6) is 28.7 Å². The first-order valence-corrected chi connectivity index (χ1v) is 9.90. The number of nitrogens with zero attached hydrogens (tertiary/aromatic N) is 1. The minimum atomic E-state index is -0.495. The van der Waals surface area contributed by atoms with Crippen LogP contribution in [0, 0.1) is 23.7 Å². The van der Waals surface area contributed by atoms with Crippen molar-refractivity contribution in [2.24, 2.45) is 5.73 Å². The van der Waals surface area contributed by atoms with Gasteiger partial charge in [-0.25, -0.2) is 0 Å². The van der Waals surface area contributed by atoms with Gasteiger partial charge in [0.05, 0.1) is 17.0 Å². The molecule has 7 nitrogen and oxygen atoms in total. The molecule has 30 heavy (non-hydrogen) atoms. The molecule has 2 aliphatic rings. The number of terminal acetylenes is 1. The summed E-state index contributed by atoms with van der Waals surface area (Å²) in [5.41, 5.74) is 7.86. The molecule has 0 bridgehead atoms. The highest BCUT2D eigenvalue weighted by molar-refractivity contribution is 9.10. The van der Waals surface area contributed by atoms with Gasteiger partial charge in [0.15, 0.2) is 23.0 Å². The standard InChI is InChI=1S/C22H17BrN2O5/c1-3-5-27-21-15(23)6-12(7-19(21)26-4-2)20-13-8-17-18(29-11-28-17)9-16(13)30-22(25)14(20)10-24/h1,6-9,20H,4-5,11,25H2,2H3/t20-/m0/s1. The zero-order valence-electron chi connectivity index (χ0n) is 16.0. The molecule has 0 fully saturated rings. The number of ether oxygens (including phenoxy) is 5. The Bertz CT molecular complexity index is 1130. The zero-order chi connectivity index (χ0) is 21.3.